The van der Waals surface area contributed by atoms with Gasteiger partial charge in [0.1, 0.15) is 9.96 Å². The second-order valence-electron chi connectivity index (χ2n) is 9.35. The van der Waals surface area contributed by atoms with Crippen molar-refractivity contribution in [3.05, 3.63) is 40.8 Å². The van der Waals surface area contributed by atoms with Gasteiger partial charge in [0.15, 0.2) is 0 Å². The van der Waals surface area contributed by atoms with E-state index in [4.69, 9.17) is 10.5 Å². The number of likely N-dealkylation sites (tertiary alicyclic amines) is 1. The van der Waals surface area contributed by atoms with Gasteiger partial charge in [0.05, 0.1) is 7.11 Å². The number of sulfonamides is 1. The third-order valence-electron chi connectivity index (χ3n) is 7.23. The Balaban J connectivity index is 1.52. The molecule has 1 amide bonds. The van der Waals surface area contributed by atoms with Gasteiger partial charge in [-0.2, -0.15) is 4.31 Å². The fourth-order valence-corrected chi connectivity index (χ4v) is 7.94. The molecule has 1 aromatic carbocycles. The SMILES string of the molecule is COc1csc(S(=O)(=O)N2CCC(N(CCN3CCCCC3)c3cccc(C(N)=O)c3C)CC2)c1. The molecule has 0 radical (unpaired) electrons. The number of benzene rings is 1. The summed E-state index contributed by atoms with van der Waals surface area (Å²) in [7, 11) is -2.00. The van der Waals surface area contributed by atoms with Crippen LogP contribution in [0, 0.1) is 6.92 Å². The summed E-state index contributed by atoms with van der Waals surface area (Å²) < 4.78 is 33.4. The predicted octanol–water partition coefficient (Wildman–Crippen LogP) is 3.31. The van der Waals surface area contributed by atoms with Crippen LogP contribution in [0.4, 0.5) is 5.69 Å². The molecule has 0 saturated carbocycles. The predicted molar refractivity (Wildman–Crippen MR) is 140 cm³/mol. The Bertz CT molecular complexity index is 1120. The number of rotatable bonds is 9. The van der Waals surface area contributed by atoms with E-state index in [1.165, 1.54) is 37.7 Å². The number of methoxy groups -OCH3 is 1. The molecule has 2 aromatic rings. The zero-order chi connectivity index (χ0) is 25.0. The van der Waals surface area contributed by atoms with Gasteiger partial charge < -0.3 is 20.3 Å². The summed E-state index contributed by atoms with van der Waals surface area (Å²) >= 11 is 1.19. The van der Waals surface area contributed by atoms with Gasteiger partial charge in [-0.15, -0.1) is 11.3 Å². The maximum absolute atomic E-state index is 13.2. The van der Waals surface area contributed by atoms with E-state index < -0.39 is 15.9 Å². The molecule has 4 rings (SSSR count). The van der Waals surface area contributed by atoms with E-state index in [0.29, 0.717) is 28.6 Å². The quantitative estimate of drug-likeness (QED) is 0.545. The van der Waals surface area contributed by atoms with Gasteiger partial charge in [0, 0.05) is 54.9 Å². The summed E-state index contributed by atoms with van der Waals surface area (Å²) in [5.74, 6) is 0.143. The monoisotopic (exact) mass is 520 g/mol. The number of piperidine rings is 2. The maximum atomic E-state index is 13.2. The van der Waals surface area contributed by atoms with Crippen LogP contribution in [0.25, 0.3) is 0 Å². The summed E-state index contributed by atoms with van der Waals surface area (Å²) in [4.78, 5) is 16.9. The van der Waals surface area contributed by atoms with Crippen molar-refractivity contribution in [2.45, 2.75) is 49.3 Å². The first-order valence-electron chi connectivity index (χ1n) is 12.3. The van der Waals surface area contributed by atoms with E-state index in [0.717, 1.165) is 50.3 Å². The van der Waals surface area contributed by atoms with Crippen LogP contribution in [-0.4, -0.2) is 76.0 Å². The summed E-state index contributed by atoms with van der Waals surface area (Å²) in [6.07, 6.45) is 5.22. The number of ether oxygens (including phenoxy) is 1. The van der Waals surface area contributed by atoms with Crippen LogP contribution in [-0.2, 0) is 10.0 Å². The first-order valence-corrected chi connectivity index (χ1v) is 14.6. The molecule has 8 nitrogen and oxygen atoms in total. The van der Waals surface area contributed by atoms with E-state index in [2.05, 4.69) is 15.9 Å². The molecule has 2 aliphatic rings. The first-order chi connectivity index (χ1) is 16.8. The van der Waals surface area contributed by atoms with Crippen LogP contribution >= 0.6 is 11.3 Å². The molecule has 192 valence electrons. The number of carbonyl (C=O) groups excluding carboxylic acids is 1. The summed E-state index contributed by atoms with van der Waals surface area (Å²) in [5.41, 5.74) is 8.08. The van der Waals surface area contributed by atoms with E-state index in [1.807, 2.05) is 13.0 Å². The van der Waals surface area contributed by atoms with Gasteiger partial charge in [-0.1, -0.05) is 12.5 Å². The van der Waals surface area contributed by atoms with E-state index in [-0.39, 0.29) is 6.04 Å². The van der Waals surface area contributed by atoms with Gasteiger partial charge >= 0.3 is 0 Å². The number of anilines is 1. The van der Waals surface area contributed by atoms with Crippen LogP contribution in [0.5, 0.6) is 5.75 Å². The molecular formula is C25H36N4O4S2. The molecular weight excluding hydrogens is 484 g/mol. The molecule has 3 heterocycles. The lowest BCUT2D eigenvalue weighted by atomic mass is 10.00. The minimum absolute atomic E-state index is 0.186. The highest BCUT2D eigenvalue weighted by molar-refractivity contribution is 7.91. The number of nitrogens with zero attached hydrogens (tertiary/aromatic N) is 3. The lowest BCUT2D eigenvalue weighted by Gasteiger charge is -2.41. The van der Waals surface area contributed by atoms with E-state index in [9.17, 15) is 13.2 Å². The average molecular weight is 521 g/mol. The molecule has 0 spiro atoms. The maximum Gasteiger partial charge on any atom is 0.252 e. The lowest BCUT2D eigenvalue weighted by Crippen LogP contribution is -2.49. The van der Waals surface area contributed by atoms with E-state index in [1.54, 1.807) is 21.8 Å². The first kappa shape index (κ1) is 25.9. The van der Waals surface area contributed by atoms with Crippen molar-refractivity contribution in [3.8, 4) is 5.75 Å². The van der Waals surface area contributed by atoms with Crippen molar-refractivity contribution in [3.63, 3.8) is 0 Å². The molecule has 2 aliphatic heterocycles. The summed E-state index contributed by atoms with van der Waals surface area (Å²) in [6.45, 7) is 6.90. The minimum atomic E-state index is -3.54. The topological polar surface area (TPSA) is 96.2 Å². The largest absolute Gasteiger partial charge is 0.496 e. The highest BCUT2D eigenvalue weighted by atomic mass is 32.2. The number of carbonyl (C=O) groups is 1. The Labute approximate surface area is 212 Å². The summed E-state index contributed by atoms with van der Waals surface area (Å²) in [6, 6.07) is 7.49. The van der Waals surface area contributed by atoms with Crippen molar-refractivity contribution < 1.29 is 17.9 Å². The molecule has 10 heteroatoms. The number of hydrogen-bond donors (Lipinski definition) is 1. The standard InChI is InChI=1S/C25H36N4O4S2/c1-19-22(25(26)30)7-6-8-23(19)29(16-15-27-11-4-3-5-12-27)20-9-13-28(14-10-20)35(31,32)24-17-21(33-2)18-34-24/h6-8,17-18,20H,3-5,9-16H2,1-2H3,(H2,26,30). The van der Waals surface area contributed by atoms with Crippen LogP contribution in [0.15, 0.2) is 33.9 Å². The Morgan fingerprint density at radius 1 is 1.17 bits per heavy atom. The Kier molecular flexibility index (Phi) is 8.36. The fraction of sp³-hybridized carbons (Fsp3) is 0.560. The van der Waals surface area contributed by atoms with Crippen molar-refractivity contribution >= 4 is 33.0 Å². The Morgan fingerprint density at radius 2 is 1.89 bits per heavy atom. The van der Waals surface area contributed by atoms with Gasteiger partial charge in [-0.05, 0) is 63.4 Å². The van der Waals surface area contributed by atoms with Gasteiger partial charge in [-0.3, -0.25) is 4.79 Å². The molecule has 2 saturated heterocycles. The highest BCUT2D eigenvalue weighted by Crippen LogP contribution is 2.32. The van der Waals surface area contributed by atoms with Crippen molar-refractivity contribution in [1.82, 2.24) is 9.21 Å². The number of primary amides is 1. The molecule has 0 aliphatic carbocycles. The fourth-order valence-electron chi connectivity index (χ4n) is 5.20. The van der Waals surface area contributed by atoms with Crippen LogP contribution < -0.4 is 15.4 Å². The van der Waals surface area contributed by atoms with Crippen LogP contribution in [0.3, 0.4) is 0 Å². The molecule has 0 bridgehead atoms. The zero-order valence-corrected chi connectivity index (χ0v) is 22.2. The molecule has 0 atom stereocenters. The van der Waals surface area contributed by atoms with Crippen molar-refractivity contribution in [2.24, 2.45) is 5.73 Å². The normalized spacial score (nSPS) is 18.5. The van der Waals surface area contributed by atoms with Crippen molar-refractivity contribution in [1.29, 1.82) is 0 Å². The minimum Gasteiger partial charge on any atom is -0.496 e. The Hall–Kier alpha value is -2.14. The second-order valence-corrected chi connectivity index (χ2v) is 12.4. The molecule has 2 fully saturated rings. The number of nitrogens with two attached hydrogens (primary N) is 1. The second kappa shape index (κ2) is 11.3. The van der Waals surface area contributed by atoms with Gasteiger partial charge in [0.25, 0.3) is 10.0 Å². The van der Waals surface area contributed by atoms with E-state index >= 15 is 0 Å². The summed E-state index contributed by atoms with van der Waals surface area (Å²) in [5, 5.41) is 1.72. The molecule has 1 aromatic heterocycles. The smallest absolute Gasteiger partial charge is 0.252 e. The van der Waals surface area contributed by atoms with Crippen LogP contribution in [0.2, 0.25) is 0 Å². The third-order valence-corrected chi connectivity index (χ3v) is 10.5. The molecule has 2 N–H and O–H groups in total. The Morgan fingerprint density at radius 3 is 2.51 bits per heavy atom. The lowest BCUT2D eigenvalue weighted by molar-refractivity contribution is 0.0999. The number of hydrogen-bond acceptors (Lipinski definition) is 7. The zero-order valence-electron chi connectivity index (χ0n) is 20.6. The average Bonchev–Trinajstić information content (AvgIpc) is 3.36. The highest BCUT2D eigenvalue weighted by Gasteiger charge is 2.33. The number of thiophene rings is 1. The van der Waals surface area contributed by atoms with Gasteiger partial charge in [0.2, 0.25) is 5.91 Å². The molecule has 35 heavy (non-hydrogen) atoms. The molecule has 0 unspecified atom stereocenters. The van der Waals surface area contributed by atoms with Crippen molar-refractivity contribution in [2.75, 3.05) is 51.3 Å². The third kappa shape index (κ3) is 5.82. The van der Waals surface area contributed by atoms with Gasteiger partial charge in [-0.25, -0.2) is 8.42 Å². The number of amides is 1. The van der Waals surface area contributed by atoms with Crippen LogP contribution in [0.1, 0.15) is 48.0 Å².